The molecule has 1 aliphatic rings. The summed E-state index contributed by atoms with van der Waals surface area (Å²) >= 11 is 0. The first-order valence-electron chi connectivity index (χ1n) is 8.03. The SMILES string of the molecule is Cc1cc(NC(=O)[C@@H](C)N2CCC[C@@H](c3cc(C)[nH]n3)C2)on1. The van der Waals surface area contributed by atoms with Crippen LogP contribution in [0.15, 0.2) is 16.7 Å². The highest BCUT2D eigenvalue weighted by atomic mass is 16.5. The third-order valence-corrected chi connectivity index (χ3v) is 4.40. The summed E-state index contributed by atoms with van der Waals surface area (Å²) in [4.78, 5) is 14.6. The molecule has 7 heteroatoms. The highest BCUT2D eigenvalue weighted by Gasteiger charge is 2.29. The maximum Gasteiger partial charge on any atom is 0.243 e. The highest BCUT2D eigenvalue weighted by Crippen LogP contribution is 2.27. The van der Waals surface area contributed by atoms with Crippen LogP contribution in [-0.4, -0.2) is 45.3 Å². The monoisotopic (exact) mass is 317 g/mol. The topological polar surface area (TPSA) is 87.0 Å². The number of anilines is 1. The van der Waals surface area contributed by atoms with Crippen molar-refractivity contribution >= 4 is 11.8 Å². The molecule has 0 unspecified atom stereocenters. The first-order chi connectivity index (χ1) is 11.0. The first kappa shape index (κ1) is 15.7. The molecule has 1 aliphatic heterocycles. The van der Waals surface area contributed by atoms with Gasteiger partial charge in [0.05, 0.1) is 17.4 Å². The molecule has 23 heavy (non-hydrogen) atoms. The van der Waals surface area contributed by atoms with Gasteiger partial charge in [0, 0.05) is 24.2 Å². The van der Waals surface area contributed by atoms with Gasteiger partial charge in [0.25, 0.3) is 0 Å². The molecule has 0 bridgehead atoms. The fourth-order valence-corrected chi connectivity index (χ4v) is 3.06. The van der Waals surface area contributed by atoms with Crippen LogP contribution < -0.4 is 5.32 Å². The number of aromatic amines is 1. The fourth-order valence-electron chi connectivity index (χ4n) is 3.06. The van der Waals surface area contributed by atoms with E-state index >= 15 is 0 Å². The largest absolute Gasteiger partial charge is 0.338 e. The number of likely N-dealkylation sites (tertiary alicyclic amines) is 1. The minimum absolute atomic E-state index is 0.0694. The lowest BCUT2D eigenvalue weighted by molar-refractivity contribution is -0.121. The summed E-state index contributed by atoms with van der Waals surface area (Å²) in [7, 11) is 0. The standard InChI is InChI=1S/C16H23N5O2/c1-10-7-14(19-18-10)13-5-4-6-21(9-13)12(3)16(22)17-15-8-11(2)20-23-15/h7-8,12-13H,4-6,9H2,1-3H3,(H,17,22)(H,18,19)/t12-,13-/m1/s1. The molecule has 2 atom stereocenters. The molecule has 2 aromatic heterocycles. The number of nitrogens with zero attached hydrogens (tertiary/aromatic N) is 3. The Morgan fingerprint density at radius 3 is 2.96 bits per heavy atom. The van der Waals surface area contributed by atoms with Crippen molar-refractivity contribution in [1.29, 1.82) is 0 Å². The molecule has 0 radical (unpaired) electrons. The number of carbonyl (C=O) groups excluding carboxylic acids is 1. The quantitative estimate of drug-likeness (QED) is 0.903. The Hall–Kier alpha value is -2.15. The van der Waals surface area contributed by atoms with Gasteiger partial charge in [-0.25, -0.2) is 0 Å². The lowest BCUT2D eigenvalue weighted by atomic mass is 9.93. The molecule has 1 saturated heterocycles. The van der Waals surface area contributed by atoms with Crippen LogP contribution in [0.4, 0.5) is 5.88 Å². The molecule has 2 aromatic rings. The number of H-pyrrole nitrogens is 1. The average molecular weight is 317 g/mol. The molecule has 0 aliphatic carbocycles. The number of nitrogens with one attached hydrogen (secondary N) is 2. The number of rotatable bonds is 4. The average Bonchev–Trinajstić information content (AvgIpc) is 3.15. The summed E-state index contributed by atoms with van der Waals surface area (Å²) in [5, 5.41) is 13.9. The molecule has 124 valence electrons. The van der Waals surface area contributed by atoms with Gasteiger partial charge >= 0.3 is 0 Å². The zero-order valence-corrected chi connectivity index (χ0v) is 13.8. The van der Waals surface area contributed by atoms with Crippen molar-refractivity contribution in [1.82, 2.24) is 20.3 Å². The second kappa shape index (κ2) is 6.54. The van der Waals surface area contributed by atoms with Gasteiger partial charge in [-0.3, -0.25) is 20.1 Å². The molecule has 0 saturated carbocycles. The van der Waals surface area contributed by atoms with Gasteiger partial charge in [-0.2, -0.15) is 5.10 Å². The van der Waals surface area contributed by atoms with Crippen molar-refractivity contribution < 1.29 is 9.32 Å². The molecule has 3 heterocycles. The highest BCUT2D eigenvalue weighted by molar-refractivity contribution is 5.93. The number of carbonyl (C=O) groups is 1. The van der Waals surface area contributed by atoms with Crippen molar-refractivity contribution in [2.24, 2.45) is 0 Å². The zero-order chi connectivity index (χ0) is 16.4. The van der Waals surface area contributed by atoms with Crippen LogP contribution in [0.2, 0.25) is 0 Å². The van der Waals surface area contributed by atoms with Crippen molar-refractivity contribution in [3.8, 4) is 0 Å². The third-order valence-electron chi connectivity index (χ3n) is 4.40. The summed E-state index contributed by atoms with van der Waals surface area (Å²) in [5.41, 5.74) is 2.91. The van der Waals surface area contributed by atoms with E-state index < -0.39 is 0 Å². The van der Waals surface area contributed by atoms with Crippen LogP contribution >= 0.6 is 0 Å². The molecule has 1 amide bonds. The van der Waals surface area contributed by atoms with E-state index in [2.05, 4.69) is 31.6 Å². The maximum absolute atomic E-state index is 12.4. The first-order valence-corrected chi connectivity index (χ1v) is 8.03. The molecular weight excluding hydrogens is 294 g/mol. The summed E-state index contributed by atoms with van der Waals surface area (Å²) in [6.45, 7) is 7.52. The van der Waals surface area contributed by atoms with E-state index in [-0.39, 0.29) is 11.9 Å². The van der Waals surface area contributed by atoms with Crippen LogP contribution in [0.25, 0.3) is 0 Å². The van der Waals surface area contributed by atoms with Gasteiger partial charge in [-0.05, 0) is 46.2 Å². The lowest BCUT2D eigenvalue weighted by Crippen LogP contribution is -2.46. The molecular formula is C16H23N5O2. The van der Waals surface area contributed by atoms with E-state index in [1.807, 2.05) is 20.8 Å². The summed E-state index contributed by atoms with van der Waals surface area (Å²) in [5.74, 6) is 0.701. The van der Waals surface area contributed by atoms with Crippen LogP contribution in [0.5, 0.6) is 0 Å². The molecule has 7 nitrogen and oxygen atoms in total. The zero-order valence-electron chi connectivity index (χ0n) is 13.8. The van der Waals surface area contributed by atoms with Crippen molar-refractivity contribution in [3.05, 3.63) is 29.2 Å². The van der Waals surface area contributed by atoms with Crippen LogP contribution in [0.3, 0.4) is 0 Å². The van der Waals surface area contributed by atoms with Gasteiger partial charge in [-0.1, -0.05) is 5.16 Å². The smallest absolute Gasteiger partial charge is 0.243 e. The van der Waals surface area contributed by atoms with E-state index in [1.54, 1.807) is 6.07 Å². The van der Waals surface area contributed by atoms with Crippen molar-refractivity contribution in [2.45, 2.75) is 45.6 Å². The Labute approximate surface area is 135 Å². The molecule has 0 spiro atoms. The van der Waals surface area contributed by atoms with E-state index in [0.717, 1.165) is 43.0 Å². The lowest BCUT2D eigenvalue weighted by Gasteiger charge is -2.35. The number of piperidine rings is 1. The van der Waals surface area contributed by atoms with Gasteiger partial charge in [-0.15, -0.1) is 0 Å². The van der Waals surface area contributed by atoms with Crippen LogP contribution in [-0.2, 0) is 4.79 Å². The molecule has 2 N–H and O–H groups in total. The molecule has 0 aromatic carbocycles. The van der Waals surface area contributed by atoms with E-state index in [9.17, 15) is 4.79 Å². The number of hydrogen-bond donors (Lipinski definition) is 2. The number of aryl methyl sites for hydroxylation is 2. The van der Waals surface area contributed by atoms with Crippen molar-refractivity contribution in [3.63, 3.8) is 0 Å². The van der Waals surface area contributed by atoms with Crippen LogP contribution in [0.1, 0.15) is 42.8 Å². The third kappa shape index (κ3) is 3.61. The summed E-state index contributed by atoms with van der Waals surface area (Å²) in [6.07, 6.45) is 2.17. The van der Waals surface area contributed by atoms with Gasteiger partial charge in [0.15, 0.2) is 0 Å². The second-order valence-corrected chi connectivity index (χ2v) is 6.31. The van der Waals surface area contributed by atoms with E-state index in [0.29, 0.717) is 11.8 Å². The Bertz CT molecular complexity index is 678. The molecule has 3 rings (SSSR count). The summed E-state index contributed by atoms with van der Waals surface area (Å²) in [6, 6.07) is 3.59. The number of amides is 1. The number of hydrogen-bond acceptors (Lipinski definition) is 5. The minimum Gasteiger partial charge on any atom is -0.338 e. The molecule has 1 fully saturated rings. The van der Waals surface area contributed by atoms with E-state index in [4.69, 9.17) is 4.52 Å². The van der Waals surface area contributed by atoms with Crippen LogP contribution in [0, 0.1) is 13.8 Å². The number of aromatic nitrogens is 3. The summed E-state index contributed by atoms with van der Waals surface area (Å²) < 4.78 is 5.05. The second-order valence-electron chi connectivity index (χ2n) is 6.31. The van der Waals surface area contributed by atoms with Gasteiger partial charge in [0.2, 0.25) is 11.8 Å². The van der Waals surface area contributed by atoms with Crippen molar-refractivity contribution in [2.75, 3.05) is 18.4 Å². The maximum atomic E-state index is 12.4. The Morgan fingerprint density at radius 1 is 1.48 bits per heavy atom. The Balaban J connectivity index is 1.62. The minimum atomic E-state index is -0.219. The predicted molar refractivity (Wildman–Crippen MR) is 86.2 cm³/mol. The van der Waals surface area contributed by atoms with Gasteiger partial charge < -0.3 is 4.52 Å². The normalized spacial score (nSPS) is 20.4. The Kier molecular flexibility index (Phi) is 4.47. The van der Waals surface area contributed by atoms with E-state index in [1.165, 1.54) is 0 Å². The fraction of sp³-hybridized carbons (Fsp3) is 0.562. The predicted octanol–water partition coefficient (Wildman–Crippen LogP) is 2.22. The van der Waals surface area contributed by atoms with Gasteiger partial charge in [0.1, 0.15) is 0 Å². The Morgan fingerprint density at radius 2 is 2.30 bits per heavy atom.